The second kappa shape index (κ2) is 1.80. The molecule has 1 aliphatic carbocycles. The van der Waals surface area contributed by atoms with Crippen LogP contribution in [0, 0.1) is 5.92 Å². The summed E-state index contributed by atoms with van der Waals surface area (Å²) < 4.78 is 11.3. The van der Waals surface area contributed by atoms with Crippen LogP contribution in [0.25, 0.3) is 0 Å². The van der Waals surface area contributed by atoms with Gasteiger partial charge >= 0.3 is 0 Å². The molecule has 0 N–H and O–H groups in total. The van der Waals surface area contributed by atoms with E-state index in [9.17, 15) is 0 Å². The third kappa shape index (κ3) is 0.744. The van der Waals surface area contributed by atoms with Crippen LogP contribution in [-0.2, 0) is 9.47 Å². The van der Waals surface area contributed by atoms with Gasteiger partial charge in [-0.2, -0.15) is 0 Å². The average molecular weight is 154 g/mol. The predicted octanol–water partition coefficient (Wildman–Crippen LogP) is 1.34. The monoisotopic (exact) mass is 154 g/mol. The molecule has 2 heteroatoms. The van der Waals surface area contributed by atoms with E-state index in [1.165, 1.54) is 19.3 Å². The summed E-state index contributed by atoms with van der Waals surface area (Å²) in [5.74, 6) is 0.815. The lowest BCUT2D eigenvalue weighted by Gasteiger charge is -2.23. The highest BCUT2D eigenvalue weighted by Gasteiger charge is 2.62. The maximum Gasteiger partial charge on any atom is 0.113 e. The molecule has 0 spiro atoms. The number of rotatable bonds is 0. The van der Waals surface area contributed by atoms with Crippen LogP contribution in [0.3, 0.4) is 0 Å². The molecule has 3 fully saturated rings. The molecule has 0 amide bonds. The van der Waals surface area contributed by atoms with E-state index >= 15 is 0 Å². The normalized spacial score (nSPS) is 60.3. The first-order valence-corrected chi connectivity index (χ1v) is 4.59. The number of hydrogen-bond acceptors (Lipinski definition) is 2. The van der Waals surface area contributed by atoms with Gasteiger partial charge in [0.25, 0.3) is 0 Å². The Hall–Kier alpha value is -0.0800. The van der Waals surface area contributed by atoms with Crippen LogP contribution in [-0.4, -0.2) is 24.4 Å². The molecule has 3 aliphatic rings. The van der Waals surface area contributed by atoms with Crippen LogP contribution in [0.15, 0.2) is 0 Å². The van der Waals surface area contributed by atoms with Crippen molar-refractivity contribution in [3.8, 4) is 0 Å². The third-order valence-electron chi connectivity index (χ3n) is 3.51. The second-order valence-corrected chi connectivity index (χ2v) is 4.27. The summed E-state index contributed by atoms with van der Waals surface area (Å²) in [7, 11) is 0. The van der Waals surface area contributed by atoms with Crippen LogP contribution in [0.1, 0.15) is 26.2 Å². The molecule has 0 bridgehead atoms. The van der Waals surface area contributed by atoms with E-state index in [1.807, 2.05) is 0 Å². The first kappa shape index (κ1) is 6.44. The van der Waals surface area contributed by atoms with Gasteiger partial charge in [0.15, 0.2) is 0 Å². The molecule has 2 saturated heterocycles. The smallest absolute Gasteiger partial charge is 0.113 e. The molecule has 0 radical (unpaired) electrons. The standard InChI is InChI=1S/C9H14O2/c1-9-4-2-6-3-5-10-7(6)8(9)11-9/h6-8H,2-5H2,1H3. The van der Waals surface area contributed by atoms with Crippen molar-refractivity contribution >= 4 is 0 Å². The van der Waals surface area contributed by atoms with Crippen molar-refractivity contribution in [2.45, 2.75) is 44.0 Å². The SMILES string of the molecule is CC12CCC3CCOC3C1O2. The van der Waals surface area contributed by atoms with Crippen LogP contribution < -0.4 is 0 Å². The highest BCUT2D eigenvalue weighted by Crippen LogP contribution is 2.52. The van der Waals surface area contributed by atoms with E-state index in [0.29, 0.717) is 12.2 Å². The lowest BCUT2D eigenvalue weighted by Crippen LogP contribution is -2.33. The highest BCUT2D eigenvalue weighted by atomic mass is 16.6. The summed E-state index contributed by atoms with van der Waals surface area (Å²) in [6.45, 7) is 3.18. The predicted molar refractivity (Wildman–Crippen MR) is 40.4 cm³/mol. The molecule has 0 aromatic rings. The van der Waals surface area contributed by atoms with Crippen LogP contribution in [0.5, 0.6) is 0 Å². The molecule has 2 aliphatic heterocycles. The zero-order valence-corrected chi connectivity index (χ0v) is 6.88. The van der Waals surface area contributed by atoms with Crippen molar-refractivity contribution in [3.63, 3.8) is 0 Å². The Bertz CT molecular complexity index is 192. The minimum absolute atomic E-state index is 0.214. The van der Waals surface area contributed by atoms with E-state index < -0.39 is 0 Å². The molecule has 3 rings (SSSR count). The zero-order valence-electron chi connectivity index (χ0n) is 6.88. The second-order valence-electron chi connectivity index (χ2n) is 4.27. The molecule has 0 aromatic heterocycles. The van der Waals surface area contributed by atoms with E-state index in [1.54, 1.807) is 0 Å². The Balaban J connectivity index is 1.84. The summed E-state index contributed by atoms with van der Waals surface area (Å²) in [6.07, 6.45) is 4.73. The molecule has 11 heavy (non-hydrogen) atoms. The lowest BCUT2D eigenvalue weighted by molar-refractivity contribution is 0.0609. The minimum Gasteiger partial charge on any atom is -0.375 e. The van der Waals surface area contributed by atoms with Gasteiger partial charge in [-0.25, -0.2) is 0 Å². The summed E-state index contributed by atoms with van der Waals surface area (Å²) in [5, 5.41) is 0. The Labute approximate surface area is 66.9 Å². The largest absolute Gasteiger partial charge is 0.375 e. The fraction of sp³-hybridized carbons (Fsp3) is 1.00. The molecule has 62 valence electrons. The van der Waals surface area contributed by atoms with E-state index in [2.05, 4.69) is 6.92 Å². The molecule has 2 nitrogen and oxygen atoms in total. The van der Waals surface area contributed by atoms with Crippen LogP contribution in [0.2, 0.25) is 0 Å². The van der Waals surface area contributed by atoms with Crippen LogP contribution >= 0.6 is 0 Å². The molecule has 0 aromatic carbocycles. The Morgan fingerprint density at radius 2 is 2.27 bits per heavy atom. The van der Waals surface area contributed by atoms with Crippen LogP contribution in [0.4, 0.5) is 0 Å². The summed E-state index contributed by atoms with van der Waals surface area (Å²) in [5.41, 5.74) is 0.214. The highest BCUT2D eigenvalue weighted by molar-refractivity contribution is 5.10. The van der Waals surface area contributed by atoms with Crippen molar-refractivity contribution in [3.05, 3.63) is 0 Å². The maximum absolute atomic E-state index is 5.65. The van der Waals surface area contributed by atoms with Gasteiger partial charge in [0.2, 0.25) is 0 Å². The third-order valence-corrected chi connectivity index (χ3v) is 3.51. The van der Waals surface area contributed by atoms with Gasteiger partial charge in [-0.1, -0.05) is 0 Å². The summed E-state index contributed by atoms with van der Waals surface area (Å²) >= 11 is 0. The number of hydrogen-bond donors (Lipinski definition) is 0. The minimum atomic E-state index is 0.214. The number of fused-ring (bicyclic) bond motifs is 3. The quantitative estimate of drug-likeness (QED) is 0.491. The van der Waals surface area contributed by atoms with E-state index in [0.717, 1.165) is 12.5 Å². The number of epoxide rings is 1. The van der Waals surface area contributed by atoms with Crippen molar-refractivity contribution in [1.82, 2.24) is 0 Å². The van der Waals surface area contributed by atoms with E-state index in [4.69, 9.17) is 9.47 Å². The van der Waals surface area contributed by atoms with Gasteiger partial charge in [0, 0.05) is 6.61 Å². The van der Waals surface area contributed by atoms with Gasteiger partial charge in [-0.15, -0.1) is 0 Å². The fourth-order valence-corrected chi connectivity index (χ4v) is 2.64. The van der Waals surface area contributed by atoms with Crippen molar-refractivity contribution in [2.75, 3.05) is 6.61 Å². The topological polar surface area (TPSA) is 21.8 Å². The van der Waals surface area contributed by atoms with Gasteiger partial charge in [0.1, 0.15) is 6.10 Å². The first-order valence-electron chi connectivity index (χ1n) is 4.59. The van der Waals surface area contributed by atoms with Gasteiger partial charge in [0.05, 0.1) is 11.7 Å². The summed E-state index contributed by atoms with van der Waals surface area (Å²) in [6, 6.07) is 0. The first-order chi connectivity index (χ1) is 5.30. The van der Waals surface area contributed by atoms with E-state index in [-0.39, 0.29) is 5.60 Å². The van der Waals surface area contributed by atoms with Crippen molar-refractivity contribution in [2.24, 2.45) is 5.92 Å². The van der Waals surface area contributed by atoms with Gasteiger partial charge < -0.3 is 9.47 Å². The Morgan fingerprint density at radius 3 is 3.18 bits per heavy atom. The molecular formula is C9H14O2. The Kier molecular flexibility index (Phi) is 1.06. The molecular weight excluding hydrogens is 140 g/mol. The molecule has 4 atom stereocenters. The number of ether oxygens (including phenoxy) is 2. The van der Waals surface area contributed by atoms with Crippen molar-refractivity contribution < 1.29 is 9.47 Å². The van der Waals surface area contributed by atoms with Crippen molar-refractivity contribution in [1.29, 1.82) is 0 Å². The zero-order chi connectivity index (χ0) is 7.47. The fourth-order valence-electron chi connectivity index (χ4n) is 2.64. The van der Waals surface area contributed by atoms with Gasteiger partial charge in [-0.05, 0) is 32.1 Å². The average Bonchev–Trinajstić information content (AvgIpc) is 2.50. The molecule has 1 saturated carbocycles. The van der Waals surface area contributed by atoms with Gasteiger partial charge in [-0.3, -0.25) is 0 Å². The lowest BCUT2D eigenvalue weighted by atomic mass is 9.81. The molecule has 2 heterocycles. The summed E-state index contributed by atoms with van der Waals surface area (Å²) in [4.78, 5) is 0. The molecule has 4 unspecified atom stereocenters. The Morgan fingerprint density at radius 1 is 1.36 bits per heavy atom. The maximum atomic E-state index is 5.65.